The largest absolute Gasteiger partial charge is 0.489 e. The zero-order chi connectivity index (χ0) is 22.4. The minimum Gasteiger partial charge on any atom is -0.489 e. The van der Waals surface area contributed by atoms with Gasteiger partial charge in [0.25, 0.3) is 3.79 Å². The van der Waals surface area contributed by atoms with Gasteiger partial charge in [0.1, 0.15) is 18.1 Å². The summed E-state index contributed by atoms with van der Waals surface area (Å²) in [5.74, 6) is 2.45. The highest BCUT2D eigenvalue weighted by atomic mass is 35.6. The Balaban J connectivity index is 1.43. The van der Waals surface area contributed by atoms with Gasteiger partial charge in [-0.25, -0.2) is 0 Å². The fourth-order valence-electron chi connectivity index (χ4n) is 5.97. The van der Waals surface area contributed by atoms with E-state index in [1.165, 1.54) is 17.2 Å². The van der Waals surface area contributed by atoms with Crippen LogP contribution in [0.25, 0.3) is 0 Å². The number of alkyl halides is 3. The van der Waals surface area contributed by atoms with E-state index < -0.39 is 15.8 Å². The van der Waals surface area contributed by atoms with Crippen molar-refractivity contribution in [1.29, 1.82) is 5.41 Å². The number of hydrogen-bond donors (Lipinski definition) is 1. The van der Waals surface area contributed by atoms with Gasteiger partial charge in [-0.15, -0.1) is 0 Å². The van der Waals surface area contributed by atoms with Gasteiger partial charge in [-0.1, -0.05) is 54.4 Å². The van der Waals surface area contributed by atoms with Gasteiger partial charge in [0.15, 0.2) is 6.10 Å². The van der Waals surface area contributed by atoms with E-state index in [1.54, 1.807) is 0 Å². The molecule has 0 spiro atoms. The van der Waals surface area contributed by atoms with Crippen LogP contribution >= 0.6 is 34.8 Å². The molecule has 1 aromatic rings. The molecule has 31 heavy (non-hydrogen) atoms. The maximum Gasteiger partial charge on any atom is 0.265 e. The van der Waals surface area contributed by atoms with E-state index >= 15 is 0 Å². The van der Waals surface area contributed by atoms with Crippen molar-refractivity contribution in [2.75, 3.05) is 6.61 Å². The molecule has 0 amide bonds. The number of carbonyl (C=O) groups excluding carboxylic acids is 1. The van der Waals surface area contributed by atoms with Gasteiger partial charge in [-0.3, -0.25) is 10.2 Å². The zero-order valence-corrected chi connectivity index (χ0v) is 19.9. The van der Waals surface area contributed by atoms with Gasteiger partial charge in [0.2, 0.25) is 5.90 Å². The first kappa shape index (κ1) is 22.9. The van der Waals surface area contributed by atoms with Gasteiger partial charge < -0.3 is 9.47 Å². The molecule has 3 aliphatic rings. The third-order valence-electron chi connectivity index (χ3n) is 7.61. The van der Waals surface area contributed by atoms with Crippen LogP contribution in [0.2, 0.25) is 0 Å². The second kappa shape index (κ2) is 8.61. The fraction of sp³-hybridized carbons (Fsp3) is 0.583. The summed E-state index contributed by atoms with van der Waals surface area (Å²) in [5, 5.41) is 7.70. The number of benzene rings is 1. The minimum atomic E-state index is -1.91. The molecule has 3 aliphatic carbocycles. The van der Waals surface area contributed by atoms with Gasteiger partial charge in [0, 0.05) is 11.8 Å². The summed E-state index contributed by atoms with van der Waals surface area (Å²) in [6, 6.07) is 6.29. The topological polar surface area (TPSA) is 59.4 Å². The molecule has 0 radical (unpaired) electrons. The van der Waals surface area contributed by atoms with E-state index in [9.17, 15) is 4.79 Å². The molecule has 2 saturated carbocycles. The summed E-state index contributed by atoms with van der Waals surface area (Å²) >= 11 is 17.0. The smallest absolute Gasteiger partial charge is 0.265 e. The molecule has 1 N–H and O–H groups in total. The van der Waals surface area contributed by atoms with Gasteiger partial charge in [0.05, 0.1) is 0 Å². The van der Waals surface area contributed by atoms with Crippen LogP contribution in [0, 0.1) is 22.7 Å². The molecule has 5 atom stereocenters. The van der Waals surface area contributed by atoms with E-state index in [0.29, 0.717) is 23.5 Å². The van der Waals surface area contributed by atoms with Crippen molar-refractivity contribution in [2.24, 2.45) is 17.3 Å². The van der Waals surface area contributed by atoms with Crippen LogP contribution in [0.4, 0.5) is 0 Å². The fourth-order valence-corrected chi connectivity index (χ4v) is 6.10. The van der Waals surface area contributed by atoms with Gasteiger partial charge >= 0.3 is 0 Å². The first-order chi connectivity index (χ1) is 14.6. The third-order valence-corrected chi connectivity index (χ3v) is 8.13. The second-order valence-corrected chi connectivity index (χ2v) is 11.5. The van der Waals surface area contributed by atoms with E-state index in [4.69, 9.17) is 49.7 Å². The molecule has 1 aromatic carbocycles. The summed E-state index contributed by atoms with van der Waals surface area (Å²) in [6.45, 7) is 6.08. The molecule has 4 rings (SSSR count). The summed E-state index contributed by atoms with van der Waals surface area (Å²) in [7, 11) is 0. The Hall–Kier alpha value is -1.23. The van der Waals surface area contributed by atoms with E-state index in [0.717, 1.165) is 44.3 Å². The van der Waals surface area contributed by atoms with Crippen molar-refractivity contribution in [3.8, 4) is 5.75 Å². The maximum atomic E-state index is 12.5. The highest BCUT2D eigenvalue weighted by Gasteiger charge is 2.54. The third kappa shape index (κ3) is 4.36. The molecule has 0 bridgehead atoms. The number of halogens is 3. The molecule has 0 aromatic heterocycles. The van der Waals surface area contributed by atoms with Crippen molar-refractivity contribution in [1.82, 2.24) is 0 Å². The Morgan fingerprint density at radius 2 is 2.10 bits per heavy atom. The maximum absolute atomic E-state index is 12.5. The average Bonchev–Trinajstić information content (AvgIpc) is 3.04. The van der Waals surface area contributed by atoms with Gasteiger partial charge in [-0.2, -0.15) is 0 Å². The van der Waals surface area contributed by atoms with Crippen molar-refractivity contribution in [3.05, 3.63) is 42.0 Å². The number of ketones is 1. The van der Waals surface area contributed by atoms with E-state index in [1.807, 2.05) is 6.07 Å². The van der Waals surface area contributed by atoms with Crippen molar-refractivity contribution >= 4 is 46.5 Å². The minimum absolute atomic E-state index is 0.0954. The van der Waals surface area contributed by atoms with E-state index in [2.05, 4.69) is 25.6 Å². The predicted molar refractivity (Wildman–Crippen MR) is 125 cm³/mol. The number of fused-ring (bicyclic) bond motifs is 5. The Morgan fingerprint density at radius 3 is 2.81 bits per heavy atom. The highest BCUT2D eigenvalue weighted by Crippen LogP contribution is 2.59. The number of Topliss-reactive ketones (excluding diaryl/α,β-unsaturated/α-hetero) is 1. The van der Waals surface area contributed by atoms with Crippen LogP contribution in [-0.4, -0.2) is 28.2 Å². The number of hydrogen-bond acceptors (Lipinski definition) is 4. The summed E-state index contributed by atoms with van der Waals surface area (Å²) in [4.78, 5) is 12.5. The van der Waals surface area contributed by atoms with E-state index in [-0.39, 0.29) is 12.0 Å². The Morgan fingerprint density at radius 1 is 1.32 bits per heavy atom. The lowest BCUT2D eigenvalue weighted by Crippen LogP contribution is -2.42. The average molecular weight is 485 g/mol. The standard InChI is InChI=1S/C24H28Cl3NO3/c1-3-15(31-22(28)24(25,26)27)13-30-16-5-7-17-14(12-16)4-6-19-18(17)10-11-23(2)20(19)8-9-21(23)29/h3,5,7,12,15,18-20,28H,1,4,6,8-11,13H2,2H3/t15?,18-,19-,20+,23+/m1/s1. The van der Waals surface area contributed by atoms with Gasteiger partial charge in [-0.05, 0) is 79.2 Å². The van der Waals surface area contributed by atoms with Crippen LogP contribution in [-0.2, 0) is 16.0 Å². The first-order valence-corrected chi connectivity index (χ1v) is 12.0. The Labute approximate surface area is 198 Å². The molecule has 7 heteroatoms. The second-order valence-electron chi connectivity index (χ2n) is 9.22. The number of ether oxygens (including phenoxy) is 2. The molecule has 168 valence electrons. The number of nitrogens with one attached hydrogen (secondary N) is 1. The summed E-state index contributed by atoms with van der Waals surface area (Å²) in [5.41, 5.74) is 2.65. The number of rotatable bonds is 5. The molecular weight excluding hydrogens is 457 g/mol. The normalized spacial score (nSPS) is 30.6. The summed E-state index contributed by atoms with van der Waals surface area (Å²) in [6.07, 6.45) is 6.97. The summed E-state index contributed by atoms with van der Waals surface area (Å²) < 4.78 is 9.34. The molecule has 1 unspecified atom stereocenters. The molecular formula is C24H28Cl3NO3. The molecule has 0 saturated heterocycles. The molecule has 0 heterocycles. The number of aryl methyl sites for hydroxylation is 1. The lowest BCUT2D eigenvalue weighted by molar-refractivity contribution is -0.129. The van der Waals surface area contributed by atoms with Crippen LogP contribution < -0.4 is 4.74 Å². The van der Waals surface area contributed by atoms with Crippen molar-refractivity contribution in [2.45, 2.75) is 61.3 Å². The van der Waals surface area contributed by atoms with Crippen LogP contribution in [0.1, 0.15) is 56.1 Å². The molecule has 4 nitrogen and oxygen atoms in total. The molecule has 2 fully saturated rings. The molecule has 0 aliphatic heterocycles. The lowest BCUT2D eigenvalue weighted by atomic mass is 9.55. The predicted octanol–water partition coefficient (Wildman–Crippen LogP) is 6.41. The lowest BCUT2D eigenvalue weighted by Gasteiger charge is -2.48. The van der Waals surface area contributed by atoms with Crippen LogP contribution in [0.15, 0.2) is 30.9 Å². The highest BCUT2D eigenvalue weighted by molar-refractivity contribution is 6.76. The SMILES string of the molecule is C=CC(COc1ccc2c(c1)CC[C@@H]1[C@@H]2CC[C@]2(C)C(=O)CC[C@@H]12)OC(=N)C(Cl)(Cl)Cl. The first-order valence-electron chi connectivity index (χ1n) is 10.9. The number of carbonyl (C=O) groups is 1. The zero-order valence-electron chi connectivity index (χ0n) is 17.6. The Kier molecular flexibility index (Phi) is 6.37. The quantitative estimate of drug-likeness (QED) is 0.227. The van der Waals surface area contributed by atoms with Crippen LogP contribution in [0.5, 0.6) is 5.75 Å². The Bertz CT molecular complexity index is 897. The van der Waals surface area contributed by atoms with Crippen LogP contribution in [0.3, 0.4) is 0 Å². The monoisotopic (exact) mass is 483 g/mol. The van der Waals surface area contributed by atoms with Crippen molar-refractivity contribution in [3.63, 3.8) is 0 Å². The van der Waals surface area contributed by atoms with Crippen molar-refractivity contribution < 1.29 is 14.3 Å².